The van der Waals surface area contributed by atoms with Gasteiger partial charge in [0.15, 0.2) is 0 Å². The number of hydrazine groups is 1. The van der Waals surface area contributed by atoms with Crippen LogP contribution in [0.5, 0.6) is 0 Å². The van der Waals surface area contributed by atoms with Gasteiger partial charge in [-0.25, -0.2) is 5.84 Å². The Morgan fingerprint density at radius 3 is 2.85 bits per heavy atom. The largest absolute Gasteiger partial charge is 0.464 e. The summed E-state index contributed by atoms with van der Waals surface area (Å²) in [4.78, 5) is 13.9. The number of nitrogens with zero attached hydrogens (tertiary/aromatic N) is 1. The van der Waals surface area contributed by atoms with Gasteiger partial charge >= 0.3 is 0 Å². The van der Waals surface area contributed by atoms with Gasteiger partial charge in [0.2, 0.25) is 0 Å². The highest BCUT2D eigenvalue weighted by Gasteiger charge is 2.26. The second kappa shape index (κ2) is 6.41. The van der Waals surface area contributed by atoms with Gasteiger partial charge in [0.25, 0.3) is 5.91 Å². The summed E-state index contributed by atoms with van der Waals surface area (Å²) in [6.07, 6.45) is 5.18. The lowest BCUT2D eigenvalue weighted by molar-refractivity contribution is 0.0952. The Balaban J connectivity index is 2.04. The molecule has 1 heterocycles. The Bertz CT molecular complexity index is 470. The number of hydrogen-bond acceptors (Lipinski definition) is 4. The Morgan fingerprint density at radius 1 is 1.50 bits per heavy atom. The first-order valence-corrected chi connectivity index (χ1v) is 7.33. The molecule has 0 radical (unpaired) electrons. The Labute approximate surface area is 120 Å². The van der Waals surface area contributed by atoms with Crippen molar-refractivity contribution in [3.8, 4) is 0 Å². The fraction of sp³-hybridized carbons (Fsp3) is 0.667. The van der Waals surface area contributed by atoms with E-state index in [1.54, 1.807) is 13.0 Å². The highest BCUT2D eigenvalue weighted by Crippen LogP contribution is 2.28. The number of nitrogens with one attached hydrogen (secondary N) is 1. The predicted octanol–water partition coefficient (Wildman–Crippen LogP) is 2.20. The Morgan fingerprint density at radius 2 is 2.20 bits per heavy atom. The molecule has 0 bridgehead atoms. The van der Waals surface area contributed by atoms with E-state index in [2.05, 4.69) is 24.3 Å². The van der Waals surface area contributed by atoms with Crippen LogP contribution in [0.3, 0.4) is 0 Å². The number of amides is 1. The maximum Gasteiger partial charge on any atom is 0.268 e. The van der Waals surface area contributed by atoms with Crippen molar-refractivity contribution < 1.29 is 9.21 Å². The molecular formula is C15H25N3O2. The third-order valence-electron chi connectivity index (χ3n) is 4.38. The smallest absolute Gasteiger partial charge is 0.268 e. The molecule has 2 atom stereocenters. The van der Waals surface area contributed by atoms with Gasteiger partial charge in [-0.05, 0) is 38.8 Å². The lowest BCUT2D eigenvalue weighted by Gasteiger charge is -2.35. The van der Waals surface area contributed by atoms with Crippen molar-refractivity contribution in [3.05, 3.63) is 23.2 Å². The summed E-state index contributed by atoms with van der Waals surface area (Å²) in [6.45, 7) is 4.84. The quantitative estimate of drug-likeness (QED) is 0.503. The minimum Gasteiger partial charge on any atom is -0.464 e. The Kier molecular flexibility index (Phi) is 4.83. The maximum atomic E-state index is 11.6. The third-order valence-corrected chi connectivity index (χ3v) is 4.38. The van der Waals surface area contributed by atoms with Gasteiger partial charge in [0.05, 0.1) is 12.1 Å². The maximum absolute atomic E-state index is 11.6. The van der Waals surface area contributed by atoms with E-state index in [1.807, 2.05) is 0 Å². The van der Waals surface area contributed by atoms with Crippen molar-refractivity contribution in [1.29, 1.82) is 0 Å². The lowest BCUT2D eigenvalue weighted by Crippen LogP contribution is -2.38. The van der Waals surface area contributed by atoms with E-state index in [-0.39, 0.29) is 5.91 Å². The number of aryl methyl sites for hydroxylation is 1. The van der Waals surface area contributed by atoms with Gasteiger partial charge in [-0.15, -0.1) is 0 Å². The van der Waals surface area contributed by atoms with E-state index in [9.17, 15) is 4.79 Å². The van der Waals surface area contributed by atoms with Crippen LogP contribution < -0.4 is 11.3 Å². The fourth-order valence-electron chi connectivity index (χ4n) is 3.24. The van der Waals surface area contributed by atoms with Crippen molar-refractivity contribution in [2.45, 2.75) is 52.1 Å². The second-order valence-corrected chi connectivity index (χ2v) is 5.90. The fourth-order valence-corrected chi connectivity index (χ4v) is 3.24. The molecule has 5 heteroatoms. The molecule has 1 aliphatic rings. The molecule has 5 nitrogen and oxygen atoms in total. The summed E-state index contributed by atoms with van der Waals surface area (Å²) in [6, 6.07) is 2.39. The Hall–Kier alpha value is -1.33. The number of carbonyl (C=O) groups is 1. The molecular weight excluding hydrogens is 254 g/mol. The normalized spacial score (nSPS) is 23.1. The summed E-state index contributed by atoms with van der Waals surface area (Å²) in [5.41, 5.74) is 2.67. The van der Waals surface area contributed by atoms with Gasteiger partial charge < -0.3 is 4.42 Å². The number of carbonyl (C=O) groups excluding carboxylic acids is 1. The summed E-state index contributed by atoms with van der Waals surface area (Å²) in [5, 5.41) is 0. The summed E-state index contributed by atoms with van der Waals surface area (Å²) in [7, 11) is 2.13. The third kappa shape index (κ3) is 3.22. The van der Waals surface area contributed by atoms with Crippen LogP contribution in [0.25, 0.3) is 0 Å². The van der Waals surface area contributed by atoms with Crippen LogP contribution in [-0.2, 0) is 6.54 Å². The standard InChI is InChI=1S/C15H25N3O2/c1-10-6-4-5-7-14(10)18(3)9-12-8-13(11(2)20-12)15(19)17-16/h8,10,14H,4-7,9,16H2,1-3H3,(H,17,19). The van der Waals surface area contributed by atoms with Crippen LogP contribution in [-0.4, -0.2) is 23.9 Å². The van der Waals surface area contributed by atoms with Crippen LogP contribution in [0.1, 0.15) is 54.5 Å². The zero-order valence-electron chi connectivity index (χ0n) is 12.6. The minimum atomic E-state index is -0.300. The first kappa shape index (κ1) is 15.1. The van der Waals surface area contributed by atoms with Crippen molar-refractivity contribution in [2.24, 2.45) is 11.8 Å². The molecule has 0 saturated heterocycles. The molecule has 0 aromatic carbocycles. The molecule has 1 aromatic heterocycles. The number of furan rings is 1. The predicted molar refractivity (Wildman–Crippen MR) is 78.0 cm³/mol. The highest BCUT2D eigenvalue weighted by molar-refractivity contribution is 5.94. The average Bonchev–Trinajstić information content (AvgIpc) is 2.79. The summed E-state index contributed by atoms with van der Waals surface area (Å²) < 4.78 is 5.68. The van der Waals surface area contributed by atoms with Crippen LogP contribution in [0.2, 0.25) is 0 Å². The molecule has 1 aromatic rings. The van der Waals surface area contributed by atoms with Crippen LogP contribution >= 0.6 is 0 Å². The molecule has 2 rings (SSSR count). The minimum absolute atomic E-state index is 0.300. The van der Waals surface area contributed by atoms with E-state index >= 15 is 0 Å². The first-order chi connectivity index (χ1) is 9.52. The van der Waals surface area contributed by atoms with E-state index in [4.69, 9.17) is 10.3 Å². The summed E-state index contributed by atoms with van der Waals surface area (Å²) >= 11 is 0. The lowest BCUT2D eigenvalue weighted by atomic mass is 9.85. The molecule has 3 N–H and O–H groups in total. The van der Waals surface area contributed by atoms with Crippen LogP contribution in [0.15, 0.2) is 10.5 Å². The van der Waals surface area contributed by atoms with Gasteiger partial charge in [-0.3, -0.25) is 15.1 Å². The molecule has 0 aliphatic heterocycles. The zero-order chi connectivity index (χ0) is 14.7. The van der Waals surface area contributed by atoms with Crippen LogP contribution in [0.4, 0.5) is 0 Å². The van der Waals surface area contributed by atoms with Gasteiger partial charge in [-0.1, -0.05) is 19.8 Å². The van der Waals surface area contributed by atoms with Crippen molar-refractivity contribution in [1.82, 2.24) is 10.3 Å². The van der Waals surface area contributed by atoms with Gasteiger partial charge in [0.1, 0.15) is 11.5 Å². The SMILES string of the molecule is Cc1oc(CN(C)C2CCCCC2C)cc1C(=O)NN. The summed E-state index contributed by atoms with van der Waals surface area (Å²) in [5.74, 6) is 7.03. The van der Waals surface area contributed by atoms with Crippen molar-refractivity contribution in [3.63, 3.8) is 0 Å². The number of rotatable bonds is 4. The molecule has 0 spiro atoms. The van der Waals surface area contributed by atoms with Gasteiger partial charge in [0, 0.05) is 6.04 Å². The topological polar surface area (TPSA) is 71.5 Å². The molecule has 1 fully saturated rings. The van der Waals surface area contributed by atoms with Gasteiger partial charge in [-0.2, -0.15) is 0 Å². The highest BCUT2D eigenvalue weighted by atomic mass is 16.3. The number of nitrogens with two attached hydrogens (primary N) is 1. The first-order valence-electron chi connectivity index (χ1n) is 7.33. The molecule has 1 saturated carbocycles. The zero-order valence-corrected chi connectivity index (χ0v) is 12.6. The van der Waals surface area contributed by atoms with E-state index in [1.165, 1.54) is 25.7 Å². The molecule has 1 aliphatic carbocycles. The molecule has 112 valence electrons. The van der Waals surface area contributed by atoms with Crippen LogP contribution in [0, 0.1) is 12.8 Å². The average molecular weight is 279 g/mol. The second-order valence-electron chi connectivity index (χ2n) is 5.90. The van der Waals surface area contributed by atoms with E-state index in [0.717, 1.165) is 18.2 Å². The van der Waals surface area contributed by atoms with E-state index < -0.39 is 0 Å². The molecule has 1 amide bonds. The molecule has 20 heavy (non-hydrogen) atoms. The van der Waals surface area contributed by atoms with Crippen molar-refractivity contribution in [2.75, 3.05) is 7.05 Å². The number of hydrogen-bond donors (Lipinski definition) is 2. The monoisotopic (exact) mass is 279 g/mol. The van der Waals surface area contributed by atoms with E-state index in [0.29, 0.717) is 17.4 Å². The molecule has 2 unspecified atom stereocenters. The van der Waals surface area contributed by atoms with Crippen molar-refractivity contribution >= 4 is 5.91 Å². The number of nitrogen functional groups attached to an aromatic ring is 1.